The zero-order valence-corrected chi connectivity index (χ0v) is 12.5. The molecule has 1 aliphatic carbocycles. The molecule has 0 aromatic carbocycles. The third-order valence-corrected chi connectivity index (χ3v) is 4.28. The van der Waals surface area contributed by atoms with Crippen LogP contribution in [0.2, 0.25) is 0 Å². The van der Waals surface area contributed by atoms with E-state index in [2.05, 4.69) is 44.8 Å². The first-order chi connectivity index (χ1) is 8.32. The molecule has 3 heteroatoms. The molecule has 1 aliphatic heterocycles. The second-order valence-electron chi connectivity index (χ2n) is 7.31. The predicted molar refractivity (Wildman–Crippen MR) is 74.1 cm³/mol. The van der Waals surface area contributed by atoms with Crippen LogP contribution in [-0.4, -0.2) is 29.6 Å². The Balaban J connectivity index is 2.06. The summed E-state index contributed by atoms with van der Waals surface area (Å²) in [5.74, 6) is 1.37. The smallest absolute Gasteiger partial charge is 0.241 e. The Morgan fingerprint density at radius 3 is 2.39 bits per heavy atom. The molecule has 3 nitrogen and oxygen atoms in total. The van der Waals surface area contributed by atoms with Crippen molar-refractivity contribution in [2.45, 2.75) is 66.1 Å². The molecule has 0 radical (unpaired) electrons. The molecule has 0 bridgehead atoms. The van der Waals surface area contributed by atoms with Gasteiger partial charge in [0.15, 0.2) is 0 Å². The lowest BCUT2D eigenvalue weighted by Gasteiger charge is -2.29. The summed E-state index contributed by atoms with van der Waals surface area (Å²) in [5.41, 5.74) is 0.400. The summed E-state index contributed by atoms with van der Waals surface area (Å²) in [6.45, 7) is 12.0. The van der Waals surface area contributed by atoms with Crippen molar-refractivity contribution in [1.82, 2.24) is 10.2 Å². The van der Waals surface area contributed by atoms with E-state index in [1.165, 1.54) is 12.8 Å². The van der Waals surface area contributed by atoms with E-state index >= 15 is 0 Å². The maximum Gasteiger partial charge on any atom is 0.241 e. The normalized spacial score (nSPS) is 30.6. The number of hydrogen-bond acceptors (Lipinski definition) is 2. The first-order valence-corrected chi connectivity index (χ1v) is 7.39. The van der Waals surface area contributed by atoms with Gasteiger partial charge >= 0.3 is 0 Å². The minimum absolute atomic E-state index is 0.0414. The van der Waals surface area contributed by atoms with Crippen LogP contribution in [0.1, 0.15) is 53.9 Å². The Morgan fingerprint density at radius 2 is 1.94 bits per heavy atom. The topological polar surface area (TPSA) is 32.3 Å². The fourth-order valence-electron chi connectivity index (χ4n) is 2.86. The molecule has 2 fully saturated rings. The van der Waals surface area contributed by atoms with Gasteiger partial charge in [-0.3, -0.25) is 10.1 Å². The molecule has 1 heterocycles. The van der Waals surface area contributed by atoms with E-state index in [1.807, 2.05) is 0 Å². The van der Waals surface area contributed by atoms with Crippen molar-refractivity contribution in [3.8, 4) is 0 Å². The Kier molecular flexibility index (Phi) is 3.72. The van der Waals surface area contributed by atoms with Crippen molar-refractivity contribution in [3.05, 3.63) is 0 Å². The molecular formula is C15H28N2O. The quantitative estimate of drug-likeness (QED) is 0.816. The number of nitrogens with zero attached hydrogens (tertiary/aromatic N) is 1. The fraction of sp³-hybridized carbons (Fsp3) is 0.933. The van der Waals surface area contributed by atoms with Crippen LogP contribution < -0.4 is 5.32 Å². The van der Waals surface area contributed by atoms with Crippen LogP contribution in [0.15, 0.2) is 0 Å². The van der Waals surface area contributed by atoms with Crippen LogP contribution >= 0.6 is 0 Å². The molecule has 1 saturated heterocycles. The molecule has 0 aromatic heterocycles. The van der Waals surface area contributed by atoms with Gasteiger partial charge in [-0.05, 0) is 36.5 Å². The Labute approximate surface area is 111 Å². The average Bonchev–Trinajstić information content (AvgIpc) is 2.90. The summed E-state index contributed by atoms with van der Waals surface area (Å²) >= 11 is 0. The molecule has 2 aliphatic rings. The van der Waals surface area contributed by atoms with Gasteiger partial charge in [0.05, 0.1) is 12.2 Å². The van der Waals surface area contributed by atoms with E-state index in [1.54, 1.807) is 0 Å². The van der Waals surface area contributed by atoms with Crippen molar-refractivity contribution < 1.29 is 4.79 Å². The van der Waals surface area contributed by atoms with Gasteiger partial charge in [-0.25, -0.2) is 0 Å². The lowest BCUT2D eigenvalue weighted by atomic mass is 10.0. The van der Waals surface area contributed by atoms with Crippen LogP contribution in [0.3, 0.4) is 0 Å². The van der Waals surface area contributed by atoms with Crippen LogP contribution in [0, 0.1) is 17.3 Å². The molecule has 2 unspecified atom stereocenters. The molecule has 2 atom stereocenters. The Bertz CT molecular complexity index is 320. The standard InChI is InChI=1S/C15H28N2O/c1-10(2)8-12-14(18)17(9-15(5)6-7-15)13(16-12)11(3)4/h10-13,16H,6-9H2,1-5H3. The fourth-order valence-corrected chi connectivity index (χ4v) is 2.86. The zero-order valence-electron chi connectivity index (χ0n) is 12.5. The summed E-state index contributed by atoms with van der Waals surface area (Å²) in [6, 6.07) is 0.0414. The minimum Gasteiger partial charge on any atom is -0.325 e. The molecule has 0 spiro atoms. The van der Waals surface area contributed by atoms with Gasteiger partial charge < -0.3 is 4.90 Å². The zero-order chi connectivity index (χ0) is 13.5. The molecular weight excluding hydrogens is 224 g/mol. The lowest BCUT2D eigenvalue weighted by Crippen LogP contribution is -2.43. The number of hydrogen-bond donors (Lipinski definition) is 1. The molecule has 0 aromatic rings. The first-order valence-electron chi connectivity index (χ1n) is 7.39. The van der Waals surface area contributed by atoms with Crippen molar-refractivity contribution in [2.24, 2.45) is 17.3 Å². The molecule has 104 valence electrons. The van der Waals surface area contributed by atoms with Gasteiger partial charge in [0.25, 0.3) is 0 Å². The highest BCUT2D eigenvalue weighted by atomic mass is 16.2. The second kappa shape index (κ2) is 4.84. The highest BCUT2D eigenvalue weighted by Crippen LogP contribution is 2.46. The van der Waals surface area contributed by atoms with Crippen molar-refractivity contribution in [1.29, 1.82) is 0 Å². The van der Waals surface area contributed by atoms with E-state index in [0.29, 0.717) is 23.2 Å². The van der Waals surface area contributed by atoms with Gasteiger partial charge in [-0.15, -0.1) is 0 Å². The van der Waals surface area contributed by atoms with Gasteiger partial charge in [0.2, 0.25) is 5.91 Å². The van der Waals surface area contributed by atoms with Gasteiger partial charge in [-0.1, -0.05) is 34.6 Å². The maximum absolute atomic E-state index is 12.5. The van der Waals surface area contributed by atoms with Gasteiger partial charge in [-0.2, -0.15) is 0 Å². The summed E-state index contributed by atoms with van der Waals surface area (Å²) in [6.07, 6.45) is 3.74. The average molecular weight is 252 g/mol. The lowest BCUT2D eigenvalue weighted by molar-refractivity contribution is -0.131. The number of amides is 1. The number of carbonyl (C=O) groups is 1. The SMILES string of the molecule is CC(C)CC1NC(C(C)C)N(CC2(C)CC2)C1=O. The predicted octanol–water partition coefficient (Wildman–Crippen LogP) is 2.62. The third kappa shape index (κ3) is 2.87. The molecule has 2 rings (SSSR count). The minimum atomic E-state index is 0.0414. The van der Waals surface area contributed by atoms with Crippen LogP contribution in [-0.2, 0) is 4.79 Å². The van der Waals surface area contributed by atoms with Gasteiger partial charge in [0.1, 0.15) is 0 Å². The number of carbonyl (C=O) groups excluding carboxylic acids is 1. The van der Waals surface area contributed by atoms with Crippen LogP contribution in [0.5, 0.6) is 0 Å². The molecule has 1 amide bonds. The Hall–Kier alpha value is -0.570. The van der Waals surface area contributed by atoms with E-state index in [0.717, 1.165) is 13.0 Å². The summed E-state index contributed by atoms with van der Waals surface area (Å²) in [5, 5.41) is 3.55. The van der Waals surface area contributed by atoms with E-state index in [4.69, 9.17) is 0 Å². The highest BCUT2D eigenvalue weighted by molar-refractivity contribution is 5.84. The summed E-state index contributed by atoms with van der Waals surface area (Å²) in [4.78, 5) is 14.6. The number of nitrogens with one attached hydrogen (secondary N) is 1. The van der Waals surface area contributed by atoms with E-state index < -0.39 is 0 Å². The molecule has 18 heavy (non-hydrogen) atoms. The second-order valence-corrected chi connectivity index (χ2v) is 7.31. The van der Waals surface area contributed by atoms with E-state index in [-0.39, 0.29) is 12.2 Å². The van der Waals surface area contributed by atoms with Gasteiger partial charge in [0, 0.05) is 6.54 Å². The highest BCUT2D eigenvalue weighted by Gasteiger charge is 2.46. The Morgan fingerprint density at radius 1 is 1.33 bits per heavy atom. The first kappa shape index (κ1) is 13.9. The summed E-state index contributed by atoms with van der Waals surface area (Å²) < 4.78 is 0. The third-order valence-electron chi connectivity index (χ3n) is 4.28. The summed E-state index contributed by atoms with van der Waals surface area (Å²) in [7, 11) is 0. The van der Waals surface area contributed by atoms with Crippen LogP contribution in [0.4, 0.5) is 0 Å². The molecule has 1 N–H and O–H groups in total. The van der Waals surface area contributed by atoms with Crippen molar-refractivity contribution in [2.75, 3.05) is 6.54 Å². The monoisotopic (exact) mass is 252 g/mol. The van der Waals surface area contributed by atoms with E-state index in [9.17, 15) is 4.79 Å². The van der Waals surface area contributed by atoms with Crippen molar-refractivity contribution >= 4 is 5.91 Å². The maximum atomic E-state index is 12.5. The largest absolute Gasteiger partial charge is 0.325 e. The van der Waals surface area contributed by atoms with Crippen molar-refractivity contribution in [3.63, 3.8) is 0 Å². The number of rotatable bonds is 5. The van der Waals surface area contributed by atoms with Crippen LogP contribution in [0.25, 0.3) is 0 Å². The molecule has 1 saturated carbocycles.